The molecule has 0 atom stereocenters. The number of nitrogens with zero attached hydrogens (tertiary/aromatic N) is 4. The number of carbonyl (C=O) groups is 1. The number of benzene rings is 1. The van der Waals surface area contributed by atoms with Gasteiger partial charge < -0.3 is 11.2 Å². The Balaban J connectivity index is 1.52. The molecule has 0 spiro atoms. The number of rotatable bonds is 7. The van der Waals surface area contributed by atoms with E-state index < -0.39 is 0 Å². The molecule has 0 saturated heterocycles. The summed E-state index contributed by atoms with van der Waals surface area (Å²) in [4.78, 5) is 13.0. The number of nitrogens with one attached hydrogen (secondary N) is 2. The van der Waals surface area contributed by atoms with E-state index in [1.807, 2.05) is 41.8 Å². The maximum atomic E-state index is 12.0. The summed E-state index contributed by atoms with van der Waals surface area (Å²) >= 11 is 6.11. The van der Waals surface area contributed by atoms with Gasteiger partial charge in [0.2, 0.25) is 11.1 Å². The minimum Gasteiger partial charge on any atom is -0.334 e. The summed E-state index contributed by atoms with van der Waals surface area (Å²) in [5, 5.41) is 17.1. The minimum absolute atomic E-state index is 0.153. The van der Waals surface area contributed by atoms with Gasteiger partial charge in [-0.3, -0.25) is 4.79 Å². The number of nitrogens with two attached hydrogens (primary N) is 1. The zero-order chi connectivity index (χ0) is 18.4. The van der Waals surface area contributed by atoms with E-state index in [2.05, 4.69) is 42.0 Å². The smallest absolute Gasteiger partial charge is 0.264 e. The molecule has 0 fully saturated rings. The molecular weight excluding hydrogens is 438 g/mol. The van der Waals surface area contributed by atoms with Crippen molar-refractivity contribution in [3.05, 3.63) is 51.1 Å². The molecule has 3 aromatic rings. The molecule has 0 unspecified atom stereocenters. The summed E-state index contributed by atoms with van der Waals surface area (Å²) in [6, 6.07) is 11.2. The van der Waals surface area contributed by atoms with Crippen LogP contribution in [0.15, 0.2) is 56.5 Å². The van der Waals surface area contributed by atoms with Crippen LogP contribution >= 0.6 is 39.0 Å². The van der Waals surface area contributed by atoms with Crippen LogP contribution < -0.4 is 16.6 Å². The zero-order valence-corrected chi connectivity index (χ0v) is 16.5. The predicted octanol–water partition coefficient (Wildman–Crippen LogP) is 2.99. The van der Waals surface area contributed by atoms with Crippen LogP contribution in [-0.4, -0.2) is 32.7 Å². The summed E-state index contributed by atoms with van der Waals surface area (Å²) in [5.74, 6) is 6.19. The van der Waals surface area contributed by atoms with E-state index in [4.69, 9.17) is 5.84 Å². The highest BCUT2D eigenvalue weighted by atomic mass is 79.9. The lowest BCUT2D eigenvalue weighted by Crippen LogP contribution is -2.16. The number of amides is 1. The fourth-order valence-corrected chi connectivity index (χ4v) is 3.50. The number of aromatic nitrogens is 3. The van der Waals surface area contributed by atoms with Crippen molar-refractivity contribution in [3.63, 3.8) is 0 Å². The first kappa shape index (κ1) is 18.4. The lowest BCUT2D eigenvalue weighted by atomic mass is 10.3. The first-order chi connectivity index (χ1) is 12.6. The molecule has 1 aromatic carbocycles. The van der Waals surface area contributed by atoms with Gasteiger partial charge >= 0.3 is 0 Å². The largest absolute Gasteiger partial charge is 0.334 e. The van der Waals surface area contributed by atoms with E-state index in [1.54, 1.807) is 17.6 Å². The van der Waals surface area contributed by atoms with Crippen molar-refractivity contribution in [1.82, 2.24) is 14.9 Å². The molecule has 4 N–H and O–H groups in total. The molecule has 1 amide bonds. The molecule has 0 aliphatic heterocycles. The third kappa shape index (κ3) is 5.07. The third-order valence-corrected chi connectivity index (χ3v) is 5.25. The number of thiophene rings is 1. The summed E-state index contributed by atoms with van der Waals surface area (Å²) < 4.78 is 2.14. The summed E-state index contributed by atoms with van der Waals surface area (Å²) in [5.41, 5.74) is 3.44. The number of hydrazone groups is 1. The van der Waals surface area contributed by atoms with E-state index in [0.717, 1.165) is 9.35 Å². The Hall–Kier alpha value is -2.37. The number of thioether (sulfide) groups is 1. The standard InChI is InChI=1S/C15H14BrN7OS2/c16-10-3-1-4-11(7-10)19-13(24)9-26-15-22-21-14(23(15)17)20-18-8-12-5-2-6-25-12/h1-8H,9,17H2,(H,19,24)(H,20,21)/b18-8+. The maximum Gasteiger partial charge on any atom is 0.264 e. The number of nitrogen functional groups attached to an aromatic ring is 1. The van der Waals surface area contributed by atoms with Gasteiger partial charge in [-0.15, -0.1) is 21.5 Å². The van der Waals surface area contributed by atoms with Crippen LogP contribution in [0.2, 0.25) is 0 Å². The number of hydrogen-bond donors (Lipinski definition) is 3. The molecule has 3 rings (SSSR count). The second-order valence-electron chi connectivity index (χ2n) is 4.91. The van der Waals surface area contributed by atoms with E-state index in [0.29, 0.717) is 10.8 Å². The molecule has 8 nitrogen and oxygen atoms in total. The van der Waals surface area contributed by atoms with Gasteiger partial charge in [-0.2, -0.15) is 5.10 Å². The van der Waals surface area contributed by atoms with Crippen molar-refractivity contribution in [3.8, 4) is 0 Å². The Morgan fingerprint density at radius 2 is 2.27 bits per heavy atom. The average molecular weight is 452 g/mol. The van der Waals surface area contributed by atoms with Crippen LogP contribution in [0.3, 0.4) is 0 Å². The van der Waals surface area contributed by atoms with Crippen molar-refractivity contribution in [2.24, 2.45) is 5.10 Å². The van der Waals surface area contributed by atoms with Crippen molar-refractivity contribution < 1.29 is 4.79 Å². The second kappa shape index (κ2) is 8.83. The Morgan fingerprint density at radius 1 is 1.38 bits per heavy atom. The van der Waals surface area contributed by atoms with E-state index >= 15 is 0 Å². The zero-order valence-electron chi connectivity index (χ0n) is 13.3. The predicted molar refractivity (Wildman–Crippen MR) is 109 cm³/mol. The fourth-order valence-electron chi connectivity index (χ4n) is 1.86. The normalized spacial score (nSPS) is 11.0. The van der Waals surface area contributed by atoms with Crippen LogP contribution in [0.5, 0.6) is 0 Å². The first-order valence-corrected chi connectivity index (χ1v) is 9.99. The summed E-state index contributed by atoms with van der Waals surface area (Å²) in [6.07, 6.45) is 1.66. The highest BCUT2D eigenvalue weighted by Crippen LogP contribution is 2.19. The molecule has 0 bridgehead atoms. The summed E-state index contributed by atoms with van der Waals surface area (Å²) in [7, 11) is 0. The van der Waals surface area contributed by atoms with Crippen molar-refractivity contribution in [1.29, 1.82) is 0 Å². The van der Waals surface area contributed by atoms with E-state index in [9.17, 15) is 4.79 Å². The highest BCUT2D eigenvalue weighted by molar-refractivity contribution is 9.10. The summed E-state index contributed by atoms with van der Waals surface area (Å²) in [6.45, 7) is 0. The van der Waals surface area contributed by atoms with E-state index in [1.165, 1.54) is 16.4 Å². The first-order valence-electron chi connectivity index (χ1n) is 7.33. The number of anilines is 2. The Kier molecular flexibility index (Phi) is 6.26. The van der Waals surface area contributed by atoms with Gasteiger partial charge in [-0.05, 0) is 29.6 Å². The average Bonchev–Trinajstić information content (AvgIpc) is 3.24. The molecule has 0 radical (unpaired) electrons. The quantitative estimate of drug-likeness (QED) is 0.220. The maximum absolute atomic E-state index is 12.0. The number of carbonyl (C=O) groups excluding carboxylic acids is 1. The molecular formula is C15H14BrN7OS2. The van der Waals surface area contributed by atoms with Gasteiger partial charge in [-0.1, -0.05) is 39.8 Å². The van der Waals surface area contributed by atoms with Gasteiger partial charge in [0.05, 0.1) is 12.0 Å². The van der Waals surface area contributed by atoms with Crippen LogP contribution in [-0.2, 0) is 4.79 Å². The van der Waals surface area contributed by atoms with Crippen molar-refractivity contribution in [2.45, 2.75) is 5.16 Å². The highest BCUT2D eigenvalue weighted by Gasteiger charge is 2.12. The Labute approximate surface area is 166 Å². The van der Waals surface area contributed by atoms with Crippen LogP contribution in [0.25, 0.3) is 0 Å². The molecule has 11 heteroatoms. The van der Waals surface area contributed by atoms with Crippen LogP contribution in [0.1, 0.15) is 4.88 Å². The molecule has 26 heavy (non-hydrogen) atoms. The van der Waals surface area contributed by atoms with Crippen molar-refractivity contribution >= 4 is 62.8 Å². The number of halogens is 1. The van der Waals surface area contributed by atoms with Gasteiger partial charge in [0.15, 0.2) is 0 Å². The number of hydrogen-bond acceptors (Lipinski definition) is 8. The molecule has 2 aromatic heterocycles. The molecule has 2 heterocycles. The topological polar surface area (TPSA) is 110 Å². The lowest BCUT2D eigenvalue weighted by Gasteiger charge is -2.05. The third-order valence-electron chi connectivity index (χ3n) is 3.00. The minimum atomic E-state index is -0.165. The molecule has 134 valence electrons. The lowest BCUT2D eigenvalue weighted by molar-refractivity contribution is -0.113. The Bertz CT molecular complexity index is 911. The van der Waals surface area contributed by atoms with Gasteiger partial charge in [0.25, 0.3) is 5.95 Å². The van der Waals surface area contributed by atoms with Gasteiger partial charge in [0, 0.05) is 15.0 Å². The second-order valence-corrected chi connectivity index (χ2v) is 7.75. The van der Waals surface area contributed by atoms with E-state index in [-0.39, 0.29) is 17.6 Å². The monoisotopic (exact) mass is 451 g/mol. The fraction of sp³-hybridized carbons (Fsp3) is 0.0667. The van der Waals surface area contributed by atoms with Gasteiger partial charge in [0.1, 0.15) is 0 Å². The molecule has 0 saturated carbocycles. The van der Waals surface area contributed by atoms with Gasteiger partial charge in [-0.25, -0.2) is 10.1 Å². The SMILES string of the molecule is Nn1c(N/N=C/c2cccs2)nnc1SCC(=O)Nc1cccc(Br)c1. The molecule has 0 aliphatic carbocycles. The Morgan fingerprint density at radius 3 is 3.04 bits per heavy atom. The molecule has 0 aliphatic rings. The van der Waals surface area contributed by atoms with Crippen LogP contribution in [0.4, 0.5) is 11.6 Å². The van der Waals surface area contributed by atoms with Crippen molar-refractivity contribution in [2.75, 3.05) is 22.3 Å². The van der Waals surface area contributed by atoms with Crippen LogP contribution in [0, 0.1) is 0 Å².